The lowest BCUT2D eigenvalue weighted by Crippen LogP contribution is -2.50. The molecule has 0 saturated carbocycles. The standard InChI is InChI=1S/C28H38N4O5S/c1-3-25(33)29-16-27(35)32-14-7-11-22(32)18-31(19-26(34)30-24(28(36)37)13-15-38-2)17-21-10-6-9-20-8-4-5-12-23(20)21/h4-6,8-10,12,22,24H,3,7,11,13-19H2,1-2H3,(H,29,33)(H,30,34)(H,36,37)/t22?,24-/m0/s1. The summed E-state index contributed by atoms with van der Waals surface area (Å²) < 4.78 is 0. The van der Waals surface area contributed by atoms with Crippen LogP contribution in [0.2, 0.25) is 0 Å². The second-order valence-electron chi connectivity index (χ2n) is 9.56. The van der Waals surface area contributed by atoms with E-state index in [1.165, 1.54) is 11.8 Å². The Labute approximate surface area is 228 Å². The number of carbonyl (C=O) groups excluding carboxylic acids is 3. The topological polar surface area (TPSA) is 119 Å². The van der Waals surface area contributed by atoms with Crippen molar-refractivity contribution in [2.24, 2.45) is 0 Å². The Balaban J connectivity index is 1.77. The van der Waals surface area contributed by atoms with Gasteiger partial charge in [0.25, 0.3) is 0 Å². The van der Waals surface area contributed by atoms with E-state index >= 15 is 0 Å². The Hall–Kier alpha value is -3.11. The van der Waals surface area contributed by atoms with Gasteiger partial charge in [-0.2, -0.15) is 11.8 Å². The second-order valence-corrected chi connectivity index (χ2v) is 10.5. The average molecular weight is 543 g/mol. The number of aliphatic carboxylic acids is 1. The van der Waals surface area contributed by atoms with Gasteiger partial charge in [0, 0.05) is 32.1 Å². The summed E-state index contributed by atoms with van der Waals surface area (Å²) in [5, 5.41) is 17.1. The summed E-state index contributed by atoms with van der Waals surface area (Å²) in [5.41, 5.74) is 1.05. The third kappa shape index (κ3) is 8.46. The van der Waals surface area contributed by atoms with Crippen LogP contribution in [0.5, 0.6) is 0 Å². The van der Waals surface area contributed by atoms with Gasteiger partial charge in [-0.05, 0) is 47.6 Å². The van der Waals surface area contributed by atoms with E-state index in [0.29, 0.717) is 38.2 Å². The molecule has 0 radical (unpaired) electrons. The van der Waals surface area contributed by atoms with Gasteiger partial charge in [-0.1, -0.05) is 49.4 Å². The summed E-state index contributed by atoms with van der Waals surface area (Å²) in [6.45, 7) is 3.26. The van der Waals surface area contributed by atoms with Crippen molar-refractivity contribution in [3.05, 3.63) is 48.0 Å². The summed E-state index contributed by atoms with van der Waals surface area (Å²) >= 11 is 1.53. The molecule has 3 N–H and O–H groups in total. The first kappa shape index (κ1) is 29.4. The monoisotopic (exact) mass is 542 g/mol. The first-order chi connectivity index (χ1) is 18.3. The molecule has 1 aliphatic heterocycles. The summed E-state index contributed by atoms with van der Waals surface area (Å²) in [6, 6.07) is 13.1. The van der Waals surface area contributed by atoms with Crippen LogP contribution in [-0.4, -0.2) is 88.9 Å². The molecular weight excluding hydrogens is 504 g/mol. The molecule has 2 atom stereocenters. The molecule has 1 saturated heterocycles. The van der Waals surface area contributed by atoms with Crippen LogP contribution in [0.3, 0.4) is 0 Å². The van der Waals surface area contributed by atoms with Gasteiger partial charge in [0.15, 0.2) is 0 Å². The van der Waals surface area contributed by atoms with Crippen LogP contribution in [0.4, 0.5) is 0 Å². The molecule has 10 heteroatoms. The Bertz CT molecular complexity index is 1120. The van der Waals surface area contributed by atoms with E-state index in [2.05, 4.69) is 10.6 Å². The first-order valence-corrected chi connectivity index (χ1v) is 14.5. The lowest BCUT2D eigenvalue weighted by molar-refractivity contribution is -0.142. The van der Waals surface area contributed by atoms with Crippen LogP contribution in [-0.2, 0) is 25.7 Å². The molecule has 0 aliphatic carbocycles. The molecule has 1 aliphatic rings. The molecule has 0 bridgehead atoms. The molecule has 0 aromatic heterocycles. The molecule has 9 nitrogen and oxygen atoms in total. The zero-order valence-corrected chi connectivity index (χ0v) is 23.0. The van der Waals surface area contributed by atoms with E-state index in [1.807, 2.05) is 53.6 Å². The van der Waals surface area contributed by atoms with Gasteiger partial charge in [-0.15, -0.1) is 0 Å². The third-order valence-corrected chi connectivity index (χ3v) is 7.45. The summed E-state index contributed by atoms with van der Waals surface area (Å²) in [6.07, 6.45) is 4.21. The zero-order chi connectivity index (χ0) is 27.5. The van der Waals surface area contributed by atoms with E-state index in [4.69, 9.17) is 0 Å². The van der Waals surface area contributed by atoms with Crippen LogP contribution in [0.15, 0.2) is 42.5 Å². The van der Waals surface area contributed by atoms with Crippen molar-refractivity contribution in [1.29, 1.82) is 0 Å². The number of carboxylic acids is 1. The number of hydrogen-bond donors (Lipinski definition) is 3. The van der Waals surface area contributed by atoms with Crippen LogP contribution in [0, 0.1) is 0 Å². The summed E-state index contributed by atoms with van der Waals surface area (Å²) in [5.74, 6) is -1.07. The van der Waals surface area contributed by atoms with Gasteiger partial charge in [0.1, 0.15) is 6.04 Å². The number of carboxylic acid groups (broad SMARTS) is 1. The van der Waals surface area contributed by atoms with Crippen LogP contribution in [0.1, 0.15) is 38.2 Å². The van der Waals surface area contributed by atoms with E-state index in [-0.39, 0.29) is 36.9 Å². The van der Waals surface area contributed by atoms with Crippen molar-refractivity contribution in [1.82, 2.24) is 20.4 Å². The lowest BCUT2D eigenvalue weighted by Gasteiger charge is -2.31. The average Bonchev–Trinajstić information content (AvgIpc) is 3.37. The van der Waals surface area contributed by atoms with Crippen molar-refractivity contribution < 1.29 is 24.3 Å². The number of fused-ring (bicyclic) bond motifs is 1. The maximum absolute atomic E-state index is 13.0. The normalized spacial score (nSPS) is 16.0. The van der Waals surface area contributed by atoms with Crippen LogP contribution >= 0.6 is 11.8 Å². The Kier molecular flexibility index (Phi) is 11.4. The summed E-state index contributed by atoms with van der Waals surface area (Å²) in [7, 11) is 0. The second kappa shape index (κ2) is 14.7. The van der Waals surface area contributed by atoms with Gasteiger partial charge >= 0.3 is 5.97 Å². The number of carbonyl (C=O) groups is 4. The van der Waals surface area contributed by atoms with E-state index < -0.39 is 12.0 Å². The van der Waals surface area contributed by atoms with Crippen molar-refractivity contribution in [3.8, 4) is 0 Å². The predicted octanol–water partition coefficient (Wildman–Crippen LogP) is 2.48. The van der Waals surface area contributed by atoms with Gasteiger partial charge < -0.3 is 20.6 Å². The molecule has 38 heavy (non-hydrogen) atoms. The van der Waals surface area contributed by atoms with Crippen molar-refractivity contribution in [2.45, 2.75) is 51.2 Å². The highest BCUT2D eigenvalue weighted by Crippen LogP contribution is 2.23. The van der Waals surface area contributed by atoms with Crippen LogP contribution < -0.4 is 10.6 Å². The van der Waals surface area contributed by atoms with Crippen molar-refractivity contribution >= 4 is 46.2 Å². The summed E-state index contributed by atoms with van der Waals surface area (Å²) in [4.78, 5) is 53.0. The van der Waals surface area contributed by atoms with E-state index in [1.54, 1.807) is 11.8 Å². The number of likely N-dealkylation sites (tertiary alicyclic amines) is 1. The van der Waals surface area contributed by atoms with Crippen molar-refractivity contribution in [2.75, 3.05) is 38.2 Å². The molecule has 0 spiro atoms. The van der Waals surface area contributed by atoms with Crippen molar-refractivity contribution in [3.63, 3.8) is 0 Å². The molecule has 206 valence electrons. The molecule has 2 aromatic rings. The minimum Gasteiger partial charge on any atom is -0.480 e. The molecule has 3 amide bonds. The van der Waals surface area contributed by atoms with Gasteiger partial charge in [0.05, 0.1) is 13.1 Å². The highest BCUT2D eigenvalue weighted by atomic mass is 32.2. The number of benzene rings is 2. The minimum atomic E-state index is -1.05. The molecular formula is C28H38N4O5S. The maximum Gasteiger partial charge on any atom is 0.326 e. The zero-order valence-electron chi connectivity index (χ0n) is 22.2. The fourth-order valence-corrected chi connectivity index (χ4v) is 5.32. The molecule has 3 rings (SSSR count). The number of rotatable bonds is 14. The first-order valence-electron chi connectivity index (χ1n) is 13.1. The molecule has 2 aromatic carbocycles. The number of amides is 3. The highest BCUT2D eigenvalue weighted by molar-refractivity contribution is 7.98. The maximum atomic E-state index is 13.0. The smallest absolute Gasteiger partial charge is 0.326 e. The van der Waals surface area contributed by atoms with Crippen LogP contribution in [0.25, 0.3) is 10.8 Å². The molecule has 1 fully saturated rings. The van der Waals surface area contributed by atoms with Gasteiger partial charge in [-0.3, -0.25) is 19.3 Å². The van der Waals surface area contributed by atoms with E-state index in [0.717, 1.165) is 29.2 Å². The van der Waals surface area contributed by atoms with E-state index in [9.17, 15) is 24.3 Å². The number of hydrogen-bond acceptors (Lipinski definition) is 6. The Morgan fingerprint density at radius 2 is 1.89 bits per heavy atom. The Morgan fingerprint density at radius 3 is 2.63 bits per heavy atom. The number of nitrogens with one attached hydrogen (secondary N) is 2. The van der Waals surface area contributed by atoms with Gasteiger partial charge in [-0.25, -0.2) is 4.79 Å². The fraction of sp³-hybridized carbons (Fsp3) is 0.500. The quantitative estimate of drug-likeness (QED) is 0.336. The largest absolute Gasteiger partial charge is 0.480 e. The number of nitrogens with zero attached hydrogens (tertiary/aromatic N) is 2. The molecule has 1 unspecified atom stereocenters. The minimum absolute atomic E-state index is 0.0113. The lowest BCUT2D eigenvalue weighted by atomic mass is 10.0. The molecule has 1 heterocycles. The SMILES string of the molecule is CCC(=O)NCC(=O)N1CCCC1CN(CC(=O)N[C@@H](CCSC)C(=O)O)Cc1cccc2ccccc12. The van der Waals surface area contributed by atoms with Gasteiger partial charge in [0.2, 0.25) is 17.7 Å². The third-order valence-electron chi connectivity index (χ3n) is 6.81. The Morgan fingerprint density at radius 1 is 1.13 bits per heavy atom. The fourth-order valence-electron chi connectivity index (χ4n) is 4.85. The highest BCUT2D eigenvalue weighted by Gasteiger charge is 2.31. The predicted molar refractivity (Wildman–Crippen MR) is 150 cm³/mol. The number of thioether (sulfide) groups is 1.